The molecule has 1 heterocycles. The molecule has 0 aliphatic rings. The number of thioether (sulfide) groups is 1. The topological polar surface area (TPSA) is 97.4 Å². The number of nitrogens with zero attached hydrogens (tertiary/aromatic N) is 1. The van der Waals surface area contributed by atoms with E-state index in [2.05, 4.69) is 16.7 Å². The molecule has 0 spiro atoms. The minimum Gasteiger partial charge on any atom is -0.444 e. The van der Waals surface area contributed by atoms with Gasteiger partial charge < -0.3 is 15.4 Å². The number of para-hydroxylation sites is 1. The van der Waals surface area contributed by atoms with Crippen LogP contribution in [0.2, 0.25) is 0 Å². The highest BCUT2D eigenvalue weighted by Crippen LogP contribution is 2.29. The number of carbonyl (C=O) groups is 3. The summed E-state index contributed by atoms with van der Waals surface area (Å²) in [5, 5.41) is 6.06. The van der Waals surface area contributed by atoms with Crippen molar-refractivity contribution in [3.05, 3.63) is 102 Å². The van der Waals surface area contributed by atoms with Gasteiger partial charge in [-0.15, -0.1) is 0 Å². The zero-order valence-corrected chi connectivity index (χ0v) is 23.7. The van der Waals surface area contributed by atoms with Crippen LogP contribution < -0.4 is 10.6 Å². The number of fused-ring (bicyclic) bond motifs is 1. The molecule has 8 heteroatoms. The molecule has 4 aromatic rings. The molecule has 0 saturated carbocycles. The summed E-state index contributed by atoms with van der Waals surface area (Å²) in [6.45, 7) is 4.93. The van der Waals surface area contributed by atoms with Crippen molar-refractivity contribution in [3.63, 3.8) is 0 Å². The van der Waals surface area contributed by atoms with Crippen molar-refractivity contribution in [2.24, 2.45) is 0 Å². The molecule has 0 saturated heterocycles. The molecule has 1 atom stereocenters. The van der Waals surface area contributed by atoms with E-state index in [1.807, 2.05) is 84.9 Å². The van der Waals surface area contributed by atoms with E-state index >= 15 is 0 Å². The number of alkyl carbamates (subject to hydrolysis) is 1. The number of rotatable bonds is 9. The Hall–Kier alpha value is -4.17. The van der Waals surface area contributed by atoms with E-state index in [9.17, 15) is 14.4 Å². The normalized spacial score (nSPS) is 12.0. The first-order valence-corrected chi connectivity index (χ1v) is 14.1. The number of hydrogen-bond donors (Lipinski definition) is 2. The average Bonchev–Trinajstić information content (AvgIpc) is 2.94. The molecular formula is C32H33N3O4S. The van der Waals surface area contributed by atoms with E-state index < -0.39 is 23.6 Å². The van der Waals surface area contributed by atoms with Crippen LogP contribution >= 0.6 is 11.8 Å². The van der Waals surface area contributed by atoms with Gasteiger partial charge in [-0.2, -0.15) is 0 Å². The van der Waals surface area contributed by atoms with Crippen molar-refractivity contribution in [1.29, 1.82) is 0 Å². The van der Waals surface area contributed by atoms with Crippen molar-refractivity contribution < 1.29 is 19.1 Å². The van der Waals surface area contributed by atoms with Crippen LogP contribution in [0.4, 0.5) is 4.79 Å². The van der Waals surface area contributed by atoms with Gasteiger partial charge in [0, 0.05) is 23.1 Å². The lowest BCUT2D eigenvalue weighted by Gasteiger charge is -2.21. The number of carbonyl (C=O) groups excluding carboxylic acids is 3. The summed E-state index contributed by atoms with van der Waals surface area (Å²) in [5.74, 6) is -0.0869. The van der Waals surface area contributed by atoms with Crippen LogP contribution in [0.25, 0.3) is 22.2 Å². The summed E-state index contributed by atoms with van der Waals surface area (Å²) in [4.78, 5) is 43.1. The molecule has 0 unspecified atom stereocenters. The van der Waals surface area contributed by atoms with Gasteiger partial charge in [0.1, 0.15) is 18.2 Å². The molecule has 206 valence electrons. The molecule has 2 amide bonds. The predicted octanol–water partition coefficient (Wildman–Crippen LogP) is 5.91. The fraction of sp³-hybridized carbons (Fsp3) is 0.250. The highest BCUT2D eigenvalue weighted by atomic mass is 32.2. The summed E-state index contributed by atoms with van der Waals surface area (Å²) in [6, 6.07) is 28.6. The van der Waals surface area contributed by atoms with Crippen LogP contribution in [0.3, 0.4) is 0 Å². The highest BCUT2D eigenvalue weighted by Gasteiger charge is 2.24. The first-order chi connectivity index (χ1) is 19.2. The van der Waals surface area contributed by atoms with Crippen molar-refractivity contribution in [2.45, 2.75) is 44.6 Å². The maximum absolute atomic E-state index is 13.5. The predicted molar refractivity (Wildman–Crippen MR) is 160 cm³/mol. The Labute approximate surface area is 238 Å². The van der Waals surface area contributed by atoms with Crippen molar-refractivity contribution in [2.75, 3.05) is 6.54 Å². The molecule has 40 heavy (non-hydrogen) atoms. The van der Waals surface area contributed by atoms with E-state index in [-0.39, 0.29) is 11.7 Å². The van der Waals surface area contributed by atoms with Gasteiger partial charge >= 0.3 is 6.09 Å². The summed E-state index contributed by atoms with van der Waals surface area (Å²) < 4.78 is 5.19. The van der Waals surface area contributed by atoms with Gasteiger partial charge in [0.25, 0.3) is 0 Å². The Morgan fingerprint density at radius 3 is 2.25 bits per heavy atom. The first kappa shape index (κ1) is 28.8. The van der Waals surface area contributed by atoms with Crippen LogP contribution in [0, 0.1) is 0 Å². The van der Waals surface area contributed by atoms with Crippen LogP contribution in [0.5, 0.6) is 0 Å². The number of hydrogen-bond acceptors (Lipinski definition) is 6. The monoisotopic (exact) mass is 555 g/mol. The molecule has 0 bridgehead atoms. The second-order valence-corrected chi connectivity index (χ2v) is 11.3. The van der Waals surface area contributed by atoms with E-state index in [1.54, 1.807) is 20.8 Å². The van der Waals surface area contributed by atoms with Crippen molar-refractivity contribution >= 4 is 39.8 Å². The lowest BCUT2D eigenvalue weighted by atomic mass is 10.0. The molecule has 4 rings (SSSR count). The number of aromatic nitrogens is 1. The Morgan fingerprint density at radius 2 is 1.55 bits per heavy atom. The van der Waals surface area contributed by atoms with Gasteiger partial charge in [0.05, 0.1) is 11.2 Å². The lowest BCUT2D eigenvalue weighted by Crippen LogP contribution is -2.46. The smallest absolute Gasteiger partial charge is 0.408 e. The van der Waals surface area contributed by atoms with E-state index in [1.165, 1.54) is 0 Å². The number of benzene rings is 3. The van der Waals surface area contributed by atoms with Gasteiger partial charge in [0.2, 0.25) is 11.0 Å². The highest BCUT2D eigenvalue weighted by molar-refractivity contribution is 8.13. The number of pyridine rings is 1. The minimum absolute atomic E-state index is 0.179. The number of amides is 2. The molecule has 7 nitrogen and oxygen atoms in total. The molecule has 0 fully saturated rings. The largest absolute Gasteiger partial charge is 0.444 e. The van der Waals surface area contributed by atoms with Crippen molar-refractivity contribution in [3.8, 4) is 11.3 Å². The third-order valence-corrected chi connectivity index (χ3v) is 6.94. The molecule has 0 aliphatic carbocycles. The van der Waals surface area contributed by atoms with Gasteiger partial charge in [-0.05, 0) is 44.0 Å². The van der Waals surface area contributed by atoms with Gasteiger partial charge in [-0.25, -0.2) is 9.78 Å². The summed E-state index contributed by atoms with van der Waals surface area (Å²) >= 11 is 1.14. The maximum atomic E-state index is 13.5. The second kappa shape index (κ2) is 13.3. The Kier molecular flexibility index (Phi) is 9.56. The second-order valence-electron chi connectivity index (χ2n) is 10.3. The summed E-state index contributed by atoms with van der Waals surface area (Å²) in [7, 11) is 0. The first-order valence-electron chi connectivity index (χ1n) is 13.1. The SMILES string of the molecule is CC(C)(C)OC(=O)NCC(=O)N[C@H](Cc1ccccc1)C(=O)SCc1cc2ccccc2nc1-c1ccccc1. The van der Waals surface area contributed by atoms with Gasteiger partial charge in [-0.3, -0.25) is 9.59 Å². The van der Waals surface area contributed by atoms with Crippen LogP contribution in [0.15, 0.2) is 91.0 Å². The average molecular weight is 556 g/mol. The van der Waals surface area contributed by atoms with E-state index in [0.29, 0.717) is 12.2 Å². The zero-order valence-electron chi connectivity index (χ0n) is 22.8. The quantitative estimate of drug-likeness (QED) is 0.266. The standard InChI is InChI=1S/C32H33N3O4S/c1-32(2,3)39-31(38)33-20-28(36)34-27(18-22-12-6-4-7-13-22)30(37)40-21-25-19-24-16-10-11-17-26(24)35-29(25)23-14-8-5-9-15-23/h4-17,19,27H,18,20-21H2,1-3H3,(H,33,38)(H,34,36)/t27-/m1/s1. The third-order valence-electron chi connectivity index (χ3n) is 5.91. The molecule has 0 radical (unpaired) electrons. The van der Waals surface area contributed by atoms with Gasteiger partial charge in [-0.1, -0.05) is 90.6 Å². The minimum atomic E-state index is -0.783. The lowest BCUT2D eigenvalue weighted by molar-refractivity contribution is -0.124. The number of nitrogens with one attached hydrogen (secondary N) is 2. The molecule has 2 N–H and O–H groups in total. The fourth-order valence-corrected chi connectivity index (χ4v) is 4.98. The summed E-state index contributed by atoms with van der Waals surface area (Å²) in [5.41, 5.74) is 3.84. The molecular weight excluding hydrogens is 522 g/mol. The molecule has 1 aromatic heterocycles. The van der Waals surface area contributed by atoms with Crippen LogP contribution in [-0.2, 0) is 26.5 Å². The Balaban J connectivity index is 1.50. The zero-order chi connectivity index (χ0) is 28.5. The molecule has 0 aliphatic heterocycles. The van der Waals surface area contributed by atoms with Crippen molar-refractivity contribution in [1.82, 2.24) is 15.6 Å². The maximum Gasteiger partial charge on any atom is 0.408 e. The fourth-order valence-electron chi connectivity index (χ4n) is 4.12. The van der Waals surface area contributed by atoms with Crippen LogP contribution in [0.1, 0.15) is 31.9 Å². The van der Waals surface area contributed by atoms with Crippen LogP contribution in [-0.4, -0.2) is 40.3 Å². The third kappa shape index (κ3) is 8.41. The summed E-state index contributed by atoms with van der Waals surface area (Å²) in [6.07, 6.45) is -0.368. The van der Waals surface area contributed by atoms with E-state index in [4.69, 9.17) is 9.72 Å². The Morgan fingerprint density at radius 1 is 0.900 bits per heavy atom. The van der Waals surface area contributed by atoms with E-state index in [0.717, 1.165) is 45.0 Å². The Bertz CT molecular complexity index is 1470. The number of ether oxygens (including phenoxy) is 1. The molecule has 3 aromatic carbocycles. The van der Waals surface area contributed by atoms with Gasteiger partial charge in [0.15, 0.2) is 0 Å².